The zero-order valence-electron chi connectivity index (χ0n) is 25.2. The summed E-state index contributed by atoms with van der Waals surface area (Å²) < 4.78 is 2.40. The molecular weight excluding hydrogens is 556 g/mol. The second kappa shape index (κ2) is 10.8. The summed E-state index contributed by atoms with van der Waals surface area (Å²) in [5, 5.41) is 7.44. The Morgan fingerprint density at radius 2 is 0.870 bits per heavy atom. The Morgan fingerprint density at radius 3 is 1.59 bits per heavy atom. The fourth-order valence-electron chi connectivity index (χ4n) is 7.19. The van der Waals surface area contributed by atoms with Gasteiger partial charge in [0.15, 0.2) is 0 Å². The maximum atomic E-state index is 2.46. The van der Waals surface area contributed by atoms with E-state index in [1.54, 1.807) is 0 Å². The Morgan fingerprint density at radius 1 is 0.348 bits per heavy atom. The number of benzene rings is 8. The largest absolute Gasteiger partial charge is 0.309 e. The van der Waals surface area contributed by atoms with Crippen LogP contribution in [0.5, 0.6) is 0 Å². The van der Waals surface area contributed by atoms with Gasteiger partial charge in [-0.3, -0.25) is 0 Å². The van der Waals surface area contributed by atoms with E-state index in [9.17, 15) is 0 Å². The molecule has 0 saturated carbocycles. The van der Waals surface area contributed by atoms with Crippen molar-refractivity contribution >= 4 is 60.4 Å². The van der Waals surface area contributed by atoms with Gasteiger partial charge in [0.25, 0.3) is 0 Å². The quantitative estimate of drug-likeness (QED) is 0.182. The van der Waals surface area contributed by atoms with Gasteiger partial charge in [-0.1, -0.05) is 140 Å². The molecule has 0 aliphatic rings. The van der Waals surface area contributed by atoms with Crippen molar-refractivity contribution in [1.29, 1.82) is 0 Å². The summed E-state index contributed by atoms with van der Waals surface area (Å²) in [4.78, 5) is 2.46. The fraction of sp³-hybridized carbons (Fsp3) is 0. The molecule has 0 spiro atoms. The number of rotatable bonds is 5. The standard InChI is InChI=1S/C44H30N2/c1-4-16-31(17-5-1)43-39-25-12-10-22-35(39)36-23-11-13-26-40(36)44(43)45(32-18-6-2-7-19-32)34-28-29-38-37-24-14-15-27-41(37)46(42(38)30-34)33-20-8-3-9-21-33/h1-30H. The Kier molecular flexibility index (Phi) is 6.17. The molecule has 2 nitrogen and oxygen atoms in total. The van der Waals surface area contributed by atoms with Crippen LogP contribution < -0.4 is 4.90 Å². The van der Waals surface area contributed by atoms with Gasteiger partial charge in [0.05, 0.1) is 16.7 Å². The fourth-order valence-corrected chi connectivity index (χ4v) is 7.19. The average Bonchev–Trinajstić information content (AvgIpc) is 3.47. The molecule has 216 valence electrons. The maximum absolute atomic E-state index is 2.46. The van der Waals surface area contributed by atoms with E-state index < -0.39 is 0 Å². The zero-order chi connectivity index (χ0) is 30.5. The highest BCUT2D eigenvalue weighted by Gasteiger charge is 2.24. The number of hydrogen-bond acceptors (Lipinski definition) is 1. The van der Waals surface area contributed by atoms with Crippen LogP contribution in [0.1, 0.15) is 0 Å². The first-order chi connectivity index (χ1) is 22.9. The van der Waals surface area contributed by atoms with E-state index in [1.165, 1.54) is 60.2 Å². The molecule has 0 aliphatic heterocycles. The summed E-state index contributed by atoms with van der Waals surface area (Å²) >= 11 is 0. The van der Waals surface area contributed by atoms with Crippen LogP contribution in [-0.4, -0.2) is 4.57 Å². The highest BCUT2D eigenvalue weighted by atomic mass is 15.1. The summed E-state index contributed by atoms with van der Waals surface area (Å²) in [6.07, 6.45) is 0. The van der Waals surface area contributed by atoms with E-state index in [-0.39, 0.29) is 0 Å². The van der Waals surface area contributed by atoms with Gasteiger partial charge in [0, 0.05) is 38.8 Å². The summed E-state index contributed by atoms with van der Waals surface area (Å²) in [5.74, 6) is 0. The Hall–Kier alpha value is -6.12. The molecule has 1 heterocycles. The smallest absolute Gasteiger partial charge is 0.0624 e. The molecule has 46 heavy (non-hydrogen) atoms. The Bertz CT molecular complexity index is 2510. The summed E-state index contributed by atoms with van der Waals surface area (Å²) in [7, 11) is 0. The normalized spacial score (nSPS) is 11.5. The predicted octanol–water partition coefficient (Wildman–Crippen LogP) is 12.2. The van der Waals surface area contributed by atoms with Crippen LogP contribution >= 0.6 is 0 Å². The third kappa shape index (κ3) is 4.12. The second-order valence-electron chi connectivity index (χ2n) is 11.7. The zero-order valence-corrected chi connectivity index (χ0v) is 25.2. The van der Waals surface area contributed by atoms with Crippen molar-refractivity contribution in [3.05, 3.63) is 182 Å². The van der Waals surface area contributed by atoms with E-state index in [4.69, 9.17) is 0 Å². The van der Waals surface area contributed by atoms with Crippen molar-refractivity contribution in [1.82, 2.24) is 4.57 Å². The third-order valence-electron chi connectivity index (χ3n) is 9.14. The molecule has 0 aliphatic carbocycles. The topological polar surface area (TPSA) is 8.17 Å². The van der Waals surface area contributed by atoms with E-state index >= 15 is 0 Å². The van der Waals surface area contributed by atoms with E-state index in [0.29, 0.717) is 0 Å². The van der Waals surface area contributed by atoms with Gasteiger partial charge in [-0.2, -0.15) is 0 Å². The molecule has 8 aromatic carbocycles. The van der Waals surface area contributed by atoms with Crippen molar-refractivity contribution < 1.29 is 0 Å². The van der Waals surface area contributed by atoms with Crippen molar-refractivity contribution in [3.63, 3.8) is 0 Å². The first-order valence-electron chi connectivity index (χ1n) is 15.8. The van der Waals surface area contributed by atoms with Crippen LogP contribution in [0.4, 0.5) is 17.1 Å². The molecule has 0 atom stereocenters. The average molecular weight is 587 g/mol. The number of fused-ring (bicyclic) bond motifs is 6. The Balaban J connectivity index is 1.43. The minimum atomic E-state index is 1.11. The molecule has 0 unspecified atom stereocenters. The van der Waals surface area contributed by atoms with Crippen molar-refractivity contribution in [2.75, 3.05) is 4.90 Å². The first kappa shape index (κ1) is 26.3. The lowest BCUT2D eigenvalue weighted by molar-refractivity contribution is 1.18. The number of para-hydroxylation sites is 3. The molecule has 0 bridgehead atoms. The van der Waals surface area contributed by atoms with Crippen LogP contribution in [0.2, 0.25) is 0 Å². The van der Waals surface area contributed by atoms with Gasteiger partial charge in [-0.05, 0) is 64.2 Å². The highest BCUT2D eigenvalue weighted by Crippen LogP contribution is 2.49. The van der Waals surface area contributed by atoms with Gasteiger partial charge in [-0.15, -0.1) is 0 Å². The van der Waals surface area contributed by atoms with E-state index in [2.05, 4.69) is 191 Å². The van der Waals surface area contributed by atoms with Crippen molar-refractivity contribution in [2.24, 2.45) is 0 Å². The van der Waals surface area contributed by atoms with Crippen LogP contribution in [0.3, 0.4) is 0 Å². The van der Waals surface area contributed by atoms with E-state index in [1.807, 2.05) is 0 Å². The van der Waals surface area contributed by atoms with Crippen LogP contribution in [0.25, 0.3) is 60.2 Å². The van der Waals surface area contributed by atoms with Crippen LogP contribution in [0.15, 0.2) is 182 Å². The molecule has 0 radical (unpaired) electrons. The first-order valence-corrected chi connectivity index (χ1v) is 15.8. The molecule has 9 aromatic rings. The van der Waals surface area contributed by atoms with Gasteiger partial charge in [0.1, 0.15) is 0 Å². The number of hydrogen-bond donors (Lipinski definition) is 0. The lowest BCUT2D eigenvalue weighted by atomic mass is 9.90. The molecule has 2 heteroatoms. The minimum Gasteiger partial charge on any atom is -0.309 e. The summed E-state index contributed by atoms with van der Waals surface area (Å²) in [6, 6.07) is 65.7. The van der Waals surface area contributed by atoms with Gasteiger partial charge >= 0.3 is 0 Å². The summed E-state index contributed by atoms with van der Waals surface area (Å²) in [5.41, 5.74) is 9.34. The summed E-state index contributed by atoms with van der Waals surface area (Å²) in [6.45, 7) is 0. The van der Waals surface area contributed by atoms with Gasteiger partial charge in [-0.25, -0.2) is 0 Å². The molecular formula is C44H30N2. The van der Waals surface area contributed by atoms with Crippen molar-refractivity contribution in [2.45, 2.75) is 0 Å². The second-order valence-corrected chi connectivity index (χ2v) is 11.7. The molecule has 0 amide bonds. The minimum absolute atomic E-state index is 1.11. The SMILES string of the molecule is c1ccc(-c2c(N(c3ccccc3)c3ccc4c5ccccc5n(-c5ccccc5)c4c3)c3ccccc3c3ccccc23)cc1. The molecule has 0 saturated heterocycles. The maximum Gasteiger partial charge on any atom is 0.0624 e. The number of aromatic nitrogens is 1. The third-order valence-corrected chi connectivity index (χ3v) is 9.14. The number of anilines is 3. The van der Waals surface area contributed by atoms with Gasteiger partial charge in [0.2, 0.25) is 0 Å². The molecule has 0 N–H and O–H groups in total. The molecule has 1 aromatic heterocycles. The predicted molar refractivity (Wildman–Crippen MR) is 196 cm³/mol. The van der Waals surface area contributed by atoms with Crippen LogP contribution in [-0.2, 0) is 0 Å². The highest BCUT2D eigenvalue weighted by molar-refractivity contribution is 6.22. The Labute approximate surface area is 268 Å². The van der Waals surface area contributed by atoms with Crippen LogP contribution in [0, 0.1) is 0 Å². The lowest BCUT2D eigenvalue weighted by Crippen LogP contribution is -2.12. The molecule has 0 fully saturated rings. The lowest BCUT2D eigenvalue weighted by Gasteiger charge is -2.30. The number of nitrogens with zero attached hydrogens (tertiary/aromatic N) is 2. The monoisotopic (exact) mass is 586 g/mol. The molecule has 9 rings (SSSR count). The van der Waals surface area contributed by atoms with E-state index in [0.717, 1.165) is 17.1 Å². The van der Waals surface area contributed by atoms with Gasteiger partial charge < -0.3 is 9.47 Å². The van der Waals surface area contributed by atoms with Crippen molar-refractivity contribution in [3.8, 4) is 16.8 Å².